The Hall–Kier alpha value is -3.25. The molecule has 30 heavy (non-hydrogen) atoms. The van der Waals surface area contributed by atoms with Crippen LogP contribution in [0.3, 0.4) is 0 Å². The number of nitrogens with one attached hydrogen (secondary N) is 2. The number of pyridine rings is 1. The maximum atomic E-state index is 12.2. The second-order valence-corrected chi connectivity index (χ2v) is 7.03. The molecule has 0 saturated heterocycles. The average Bonchev–Trinajstić information content (AvgIpc) is 2.66. The number of anilines is 1. The highest BCUT2D eigenvalue weighted by Gasteiger charge is 2.20. The third kappa shape index (κ3) is 7.64. The van der Waals surface area contributed by atoms with Gasteiger partial charge in [-0.2, -0.15) is 5.10 Å². The predicted octanol–water partition coefficient (Wildman–Crippen LogP) is 1.48. The van der Waals surface area contributed by atoms with Crippen molar-refractivity contribution < 1.29 is 33.1 Å². The number of nitrogens with zero attached hydrogens (tertiary/aromatic N) is 2. The molecule has 2 aromatic rings. The zero-order valence-electron chi connectivity index (χ0n) is 15.5. The van der Waals surface area contributed by atoms with E-state index >= 15 is 0 Å². The van der Waals surface area contributed by atoms with Crippen molar-refractivity contribution in [3.8, 4) is 11.5 Å². The van der Waals surface area contributed by atoms with Crippen molar-refractivity contribution in [3.05, 3.63) is 47.8 Å². The van der Waals surface area contributed by atoms with Crippen molar-refractivity contribution in [1.82, 2.24) is 10.4 Å². The molecule has 0 radical (unpaired) electrons. The number of hydrogen-bond acceptors (Lipinski definition) is 8. The van der Waals surface area contributed by atoms with Crippen LogP contribution < -0.4 is 25.7 Å². The van der Waals surface area contributed by atoms with Gasteiger partial charge in [-0.25, -0.2) is 9.36 Å². The van der Waals surface area contributed by atoms with Crippen LogP contribution in [0.15, 0.2) is 41.6 Å². The number of aromatic nitrogens is 1. The SMILES string of the molecule is COc1ccc(COC(=O)Nc2cccnc2/C=N/NC(N)=S)c(OP(=O)(O)O)c1. The lowest BCUT2D eigenvalue weighted by Gasteiger charge is -2.14. The molecule has 1 amide bonds. The van der Waals surface area contributed by atoms with Crippen molar-refractivity contribution in [2.45, 2.75) is 6.61 Å². The van der Waals surface area contributed by atoms with Gasteiger partial charge in [-0.05, 0) is 36.5 Å². The van der Waals surface area contributed by atoms with Gasteiger partial charge in [-0.15, -0.1) is 0 Å². The third-order valence-electron chi connectivity index (χ3n) is 3.29. The van der Waals surface area contributed by atoms with Crippen LogP contribution in [-0.4, -0.2) is 39.3 Å². The maximum absolute atomic E-state index is 12.2. The average molecular weight is 455 g/mol. The summed E-state index contributed by atoms with van der Waals surface area (Å²) in [6.07, 6.45) is 1.93. The summed E-state index contributed by atoms with van der Waals surface area (Å²) in [5.41, 5.74) is 8.43. The zero-order chi connectivity index (χ0) is 22.1. The molecule has 12 nitrogen and oxygen atoms in total. The number of ether oxygens (including phenoxy) is 2. The lowest BCUT2D eigenvalue weighted by atomic mass is 10.2. The number of phosphoric acid groups is 1. The minimum atomic E-state index is -4.83. The van der Waals surface area contributed by atoms with Gasteiger partial charge in [0.2, 0.25) is 0 Å². The fraction of sp³-hybridized carbons (Fsp3) is 0.125. The zero-order valence-corrected chi connectivity index (χ0v) is 17.2. The fourth-order valence-electron chi connectivity index (χ4n) is 2.07. The van der Waals surface area contributed by atoms with E-state index in [1.54, 1.807) is 12.1 Å². The molecule has 1 heterocycles. The number of carbonyl (C=O) groups excluding carboxylic acids is 1. The molecule has 6 N–H and O–H groups in total. The monoisotopic (exact) mass is 455 g/mol. The third-order valence-corrected chi connectivity index (χ3v) is 3.81. The highest BCUT2D eigenvalue weighted by atomic mass is 32.1. The lowest BCUT2D eigenvalue weighted by Crippen LogP contribution is -2.24. The standard InChI is InChI=1S/C16H18N5O7PS/c1-26-11-5-4-10(14(7-11)28-29(23,24)25)9-27-16(22)20-12-3-2-6-18-13(12)8-19-21-15(17)30/h2-8H,9H2,1H3,(H,20,22)(H3,17,21,30)(H2,23,24,25)/b19-8+. The summed E-state index contributed by atoms with van der Waals surface area (Å²) in [5, 5.41) is 6.21. The van der Waals surface area contributed by atoms with Gasteiger partial charge in [0.05, 0.1) is 19.0 Å². The number of amides is 1. The van der Waals surface area contributed by atoms with Crippen LogP contribution in [0.1, 0.15) is 11.3 Å². The molecule has 0 aliphatic heterocycles. The smallest absolute Gasteiger partial charge is 0.497 e. The number of phosphoric ester groups is 1. The van der Waals surface area contributed by atoms with Crippen LogP contribution >= 0.6 is 20.0 Å². The van der Waals surface area contributed by atoms with E-state index in [-0.39, 0.29) is 28.7 Å². The van der Waals surface area contributed by atoms with Crippen LogP contribution in [-0.2, 0) is 15.9 Å². The summed E-state index contributed by atoms with van der Waals surface area (Å²) in [6, 6.07) is 7.38. The van der Waals surface area contributed by atoms with E-state index < -0.39 is 13.9 Å². The Morgan fingerprint density at radius 3 is 2.83 bits per heavy atom. The molecular formula is C16H18N5O7PS. The first-order valence-corrected chi connectivity index (χ1v) is 10.0. The number of hydrazone groups is 1. The lowest BCUT2D eigenvalue weighted by molar-refractivity contribution is 0.154. The second kappa shape index (κ2) is 10.5. The van der Waals surface area contributed by atoms with Gasteiger partial charge in [0, 0.05) is 17.8 Å². The number of methoxy groups -OCH3 is 1. The molecule has 0 spiro atoms. The summed E-state index contributed by atoms with van der Waals surface area (Å²) in [6.45, 7) is -0.335. The Labute approximate surface area is 176 Å². The summed E-state index contributed by atoms with van der Waals surface area (Å²) >= 11 is 4.63. The van der Waals surface area contributed by atoms with Crippen molar-refractivity contribution in [1.29, 1.82) is 0 Å². The molecule has 1 aromatic heterocycles. The number of nitrogens with two attached hydrogens (primary N) is 1. The molecule has 1 aromatic carbocycles. The topological polar surface area (TPSA) is 178 Å². The first kappa shape index (κ1) is 23.0. The Bertz CT molecular complexity index is 998. The van der Waals surface area contributed by atoms with Gasteiger partial charge in [0.25, 0.3) is 0 Å². The van der Waals surface area contributed by atoms with E-state index in [0.29, 0.717) is 11.4 Å². The van der Waals surface area contributed by atoms with E-state index in [9.17, 15) is 9.36 Å². The first-order chi connectivity index (χ1) is 14.2. The second-order valence-electron chi connectivity index (χ2n) is 5.43. The number of carbonyl (C=O) groups is 1. The van der Waals surface area contributed by atoms with Crippen molar-refractivity contribution in [2.75, 3.05) is 12.4 Å². The molecule has 0 fully saturated rings. The Balaban J connectivity index is 2.08. The highest BCUT2D eigenvalue weighted by Crippen LogP contribution is 2.40. The fourth-order valence-corrected chi connectivity index (χ4v) is 2.55. The summed E-state index contributed by atoms with van der Waals surface area (Å²) in [5.74, 6) is 0.116. The molecule has 2 rings (SSSR count). The molecule has 160 valence electrons. The van der Waals surface area contributed by atoms with Crippen molar-refractivity contribution in [2.24, 2.45) is 10.8 Å². The predicted molar refractivity (Wildman–Crippen MR) is 111 cm³/mol. The van der Waals surface area contributed by atoms with Crippen LogP contribution in [0, 0.1) is 0 Å². The van der Waals surface area contributed by atoms with E-state index in [1.807, 2.05) is 0 Å². The van der Waals surface area contributed by atoms with Gasteiger partial charge in [0.15, 0.2) is 5.11 Å². The van der Waals surface area contributed by atoms with Crippen molar-refractivity contribution >= 4 is 43.1 Å². The quantitative estimate of drug-likeness (QED) is 0.168. The van der Waals surface area contributed by atoms with Crippen LogP contribution in [0.4, 0.5) is 10.5 Å². The van der Waals surface area contributed by atoms with Crippen LogP contribution in [0.25, 0.3) is 0 Å². The molecule has 14 heteroatoms. The van der Waals surface area contributed by atoms with Crippen molar-refractivity contribution in [3.63, 3.8) is 0 Å². The molecule has 0 bridgehead atoms. The largest absolute Gasteiger partial charge is 0.524 e. The van der Waals surface area contributed by atoms with Gasteiger partial charge < -0.3 is 19.7 Å². The maximum Gasteiger partial charge on any atom is 0.524 e. The van der Waals surface area contributed by atoms with Crippen LogP contribution in [0.2, 0.25) is 0 Å². The summed E-state index contributed by atoms with van der Waals surface area (Å²) in [4.78, 5) is 34.3. The highest BCUT2D eigenvalue weighted by molar-refractivity contribution is 7.80. The van der Waals surface area contributed by atoms with Gasteiger partial charge >= 0.3 is 13.9 Å². The Morgan fingerprint density at radius 2 is 2.17 bits per heavy atom. The van der Waals surface area contributed by atoms with Gasteiger partial charge in [-0.3, -0.25) is 25.5 Å². The molecular weight excluding hydrogens is 437 g/mol. The van der Waals surface area contributed by atoms with E-state index in [1.165, 1.54) is 37.7 Å². The first-order valence-electron chi connectivity index (χ1n) is 8.07. The van der Waals surface area contributed by atoms with E-state index in [2.05, 4.69) is 37.6 Å². The molecule has 0 atom stereocenters. The number of rotatable bonds is 8. The number of hydrogen-bond donors (Lipinski definition) is 5. The number of thiocarbonyl (C=S) groups is 1. The Kier molecular flexibility index (Phi) is 8.07. The van der Waals surface area contributed by atoms with Gasteiger partial charge in [-0.1, -0.05) is 0 Å². The number of benzene rings is 1. The van der Waals surface area contributed by atoms with Gasteiger partial charge in [0.1, 0.15) is 23.8 Å². The van der Waals surface area contributed by atoms with E-state index in [0.717, 1.165) is 0 Å². The van der Waals surface area contributed by atoms with Crippen LogP contribution in [0.5, 0.6) is 11.5 Å². The summed E-state index contributed by atoms with van der Waals surface area (Å²) in [7, 11) is -3.45. The minimum absolute atomic E-state index is 0.0380. The normalized spacial score (nSPS) is 11.0. The minimum Gasteiger partial charge on any atom is -0.497 e. The molecule has 0 saturated carbocycles. The molecule has 0 unspecified atom stereocenters. The van der Waals surface area contributed by atoms with E-state index in [4.69, 9.17) is 25.0 Å². The molecule has 0 aliphatic carbocycles. The molecule has 0 aliphatic rings. The summed E-state index contributed by atoms with van der Waals surface area (Å²) < 4.78 is 25.9. The Morgan fingerprint density at radius 1 is 1.40 bits per heavy atom.